The number of aromatic nitrogens is 3. The van der Waals surface area contributed by atoms with Gasteiger partial charge in [0.25, 0.3) is 0 Å². The molecule has 0 bridgehead atoms. The highest BCUT2D eigenvalue weighted by atomic mass is 35.5. The zero-order valence-electron chi connectivity index (χ0n) is 15.9. The first-order valence-corrected chi connectivity index (χ1v) is 10.0. The van der Waals surface area contributed by atoms with Gasteiger partial charge in [-0.05, 0) is 49.3 Å². The van der Waals surface area contributed by atoms with Gasteiger partial charge in [0.2, 0.25) is 5.91 Å². The first-order valence-electron chi connectivity index (χ1n) is 9.25. The van der Waals surface area contributed by atoms with Crippen molar-refractivity contribution in [2.75, 3.05) is 0 Å². The number of rotatable bonds is 7. The van der Waals surface area contributed by atoms with E-state index in [1.807, 2.05) is 60.9 Å². The van der Waals surface area contributed by atoms with E-state index in [4.69, 9.17) is 23.8 Å². The smallest absolute Gasteiger partial charge is 0.222 e. The van der Waals surface area contributed by atoms with Crippen LogP contribution in [0.15, 0.2) is 48.5 Å². The first-order chi connectivity index (χ1) is 13.5. The number of hydrogen-bond donors (Lipinski definition) is 2. The molecule has 3 aromatic rings. The standard InChI is InChI=1S/C21H23ClN4OS/c1-3-18(15-7-9-17(22)10-8-15)23-19(27)11-12-26-20(24-25-21(26)28)16-6-4-5-14(2)13-16/h4-10,13,18H,3,11-12H2,1-2H3,(H,23,27)(H,25,28). The summed E-state index contributed by atoms with van der Waals surface area (Å²) >= 11 is 11.3. The molecule has 0 saturated heterocycles. The van der Waals surface area contributed by atoms with Crippen LogP contribution in [0.1, 0.15) is 36.9 Å². The predicted molar refractivity (Wildman–Crippen MR) is 115 cm³/mol. The quantitative estimate of drug-likeness (QED) is 0.520. The van der Waals surface area contributed by atoms with Gasteiger partial charge in [-0.25, -0.2) is 0 Å². The molecule has 0 fully saturated rings. The zero-order valence-corrected chi connectivity index (χ0v) is 17.5. The number of benzene rings is 2. The first kappa shape index (κ1) is 20.3. The Morgan fingerprint density at radius 1 is 1.29 bits per heavy atom. The van der Waals surface area contributed by atoms with E-state index in [0.29, 0.717) is 22.8 Å². The van der Waals surface area contributed by atoms with Crippen LogP contribution in [0, 0.1) is 11.7 Å². The van der Waals surface area contributed by atoms with Gasteiger partial charge in [-0.15, -0.1) is 0 Å². The lowest BCUT2D eigenvalue weighted by molar-refractivity contribution is -0.122. The highest BCUT2D eigenvalue weighted by Gasteiger charge is 2.15. The van der Waals surface area contributed by atoms with Gasteiger partial charge in [-0.3, -0.25) is 14.5 Å². The lowest BCUT2D eigenvalue weighted by atomic mass is 10.0. The van der Waals surface area contributed by atoms with Crippen molar-refractivity contribution < 1.29 is 4.79 Å². The lowest BCUT2D eigenvalue weighted by Gasteiger charge is -2.18. The second-order valence-corrected chi connectivity index (χ2v) is 7.53. The molecule has 5 nitrogen and oxygen atoms in total. The summed E-state index contributed by atoms with van der Waals surface area (Å²) in [6, 6.07) is 15.6. The van der Waals surface area contributed by atoms with E-state index in [1.165, 1.54) is 0 Å². The molecule has 1 heterocycles. The molecule has 0 aliphatic carbocycles. The van der Waals surface area contributed by atoms with Crippen LogP contribution in [-0.4, -0.2) is 20.7 Å². The molecule has 2 aromatic carbocycles. The van der Waals surface area contributed by atoms with Crippen molar-refractivity contribution >= 4 is 29.7 Å². The topological polar surface area (TPSA) is 62.7 Å². The van der Waals surface area contributed by atoms with E-state index in [9.17, 15) is 4.79 Å². The summed E-state index contributed by atoms with van der Waals surface area (Å²) in [6.45, 7) is 4.53. The van der Waals surface area contributed by atoms with Crippen molar-refractivity contribution in [3.05, 3.63) is 69.5 Å². The van der Waals surface area contributed by atoms with E-state index in [-0.39, 0.29) is 11.9 Å². The van der Waals surface area contributed by atoms with E-state index in [1.54, 1.807) is 0 Å². The fourth-order valence-electron chi connectivity index (χ4n) is 3.13. The molecule has 1 unspecified atom stereocenters. The second kappa shape index (κ2) is 9.17. The SMILES string of the molecule is CCC(NC(=O)CCn1c(-c2cccc(C)c2)n[nH]c1=S)c1ccc(Cl)cc1. The van der Waals surface area contributed by atoms with Crippen molar-refractivity contribution in [2.45, 2.75) is 39.3 Å². The summed E-state index contributed by atoms with van der Waals surface area (Å²) in [7, 11) is 0. The third-order valence-corrected chi connectivity index (χ3v) is 5.18. The third kappa shape index (κ3) is 4.88. The Morgan fingerprint density at radius 3 is 2.71 bits per heavy atom. The Kier molecular flexibility index (Phi) is 6.65. The summed E-state index contributed by atoms with van der Waals surface area (Å²) in [5.41, 5.74) is 3.16. The number of hydrogen-bond acceptors (Lipinski definition) is 3. The molecular weight excluding hydrogens is 392 g/mol. The van der Waals surface area contributed by atoms with E-state index in [2.05, 4.69) is 21.6 Å². The van der Waals surface area contributed by atoms with Crippen molar-refractivity contribution in [3.63, 3.8) is 0 Å². The molecule has 3 rings (SSSR count). The predicted octanol–water partition coefficient (Wildman–Crippen LogP) is 5.23. The number of amides is 1. The van der Waals surface area contributed by atoms with Gasteiger partial charge < -0.3 is 5.32 Å². The third-order valence-electron chi connectivity index (χ3n) is 4.61. The van der Waals surface area contributed by atoms with Crippen LogP contribution in [0.5, 0.6) is 0 Å². The van der Waals surface area contributed by atoms with Gasteiger partial charge in [0.1, 0.15) is 0 Å². The summed E-state index contributed by atoms with van der Waals surface area (Å²) in [5.74, 6) is 0.714. The fraction of sp³-hybridized carbons (Fsp3) is 0.286. The number of aryl methyl sites for hydroxylation is 1. The van der Waals surface area contributed by atoms with E-state index in [0.717, 1.165) is 28.9 Å². The number of H-pyrrole nitrogens is 1. The molecule has 1 amide bonds. The van der Waals surface area contributed by atoms with E-state index < -0.39 is 0 Å². The highest BCUT2D eigenvalue weighted by Crippen LogP contribution is 2.21. The summed E-state index contributed by atoms with van der Waals surface area (Å²) in [6.07, 6.45) is 1.11. The van der Waals surface area contributed by atoms with Crippen LogP contribution in [0.4, 0.5) is 0 Å². The molecule has 0 saturated carbocycles. The molecular formula is C21H23ClN4OS. The van der Waals surface area contributed by atoms with Crippen molar-refractivity contribution in [1.82, 2.24) is 20.1 Å². The van der Waals surface area contributed by atoms with Crippen LogP contribution in [0.2, 0.25) is 5.02 Å². The number of carbonyl (C=O) groups excluding carboxylic acids is 1. The summed E-state index contributed by atoms with van der Waals surface area (Å²) < 4.78 is 2.38. The van der Waals surface area contributed by atoms with Gasteiger partial charge in [-0.2, -0.15) is 5.10 Å². The van der Waals surface area contributed by atoms with Gasteiger partial charge in [0.05, 0.1) is 6.04 Å². The van der Waals surface area contributed by atoms with Crippen LogP contribution in [-0.2, 0) is 11.3 Å². The number of aromatic amines is 1. The van der Waals surface area contributed by atoms with Crippen LogP contribution < -0.4 is 5.32 Å². The molecule has 2 N–H and O–H groups in total. The Morgan fingerprint density at radius 2 is 2.04 bits per heavy atom. The van der Waals surface area contributed by atoms with Crippen LogP contribution >= 0.6 is 23.8 Å². The number of nitrogens with zero attached hydrogens (tertiary/aromatic N) is 2. The molecule has 0 spiro atoms. The highest BCUT2D eigenvalue weighted by molar-refractivity contribution is 7.71. The van der Waals surface area contributed by atoms with E-state index >= 15 is 0 Å². The van der Waals surface area contributed by atoms with Gasteiger partial charge in [0.15, 0.2) is 10.6 Å². The monoisotopic (exact) mass is 414 g/mol. The lowest BCUT2D eigenvalue weighted by Crippen LogP contribution is -2.29. The molecule has 1 aromatic heterocycles. The van der Waals surface area contributed by atoms with Gasteiger partial charge >= 0.3 is 0 Å². The minimum absolute atomic E-state index is 0.0277. The maximum absolute atomic E-state index is 12.5. The van der Waals surface area contributed by atoms with Crippen LogP contribution in [0.25, 0.3) is 11.4 Å². The molecule has 146 valence electrons. The molecule has 7 heteroatoms. The molecule has 1 atom stereocenters. The van der Waals surface area contributed by atoms with Gasteiger partial charge in [-0.1, -0.05) is 54.4 Å². The van der Waals surface area contributed by atoms with Crippen molar-refractivity contribution in [3.8, 4) is 11.4 Å². The van der Waals surface area contributed by atoms with Crippen molar-refractivity contribution in [1.29, 1.82) is 0 Å². The normalized spacial score (nSPS) is 12.0. The Hall–Kier alpha value is -2.44. The Labute approximate surface area is 174 Å². The zero-order chi connectivity index (χ0) is 20.1. The molecule has 0 aliphatic rings. The van der Waals surface area contributed by atoms with Crippen molar-refractivity contribution in [2.24, 2.45) is 0 Å². The molecule has 0 radical (unpaired) electrons. The molecule has 28 heavy (non-hydrogen) atoms. The maximum Gasteiger partial charge on any atom is 0.222 e. The largest absolute Gasteiger partial charge is 0.349 e. The van der Waals surface area contributed by atoms with Crippen LogP contribution in [0.3, 0.4) is 0 Å². The minimum Gasteiger partial charge on any atom is -0.349 e. The number of nitrogens with one attached hydrogen (secondary N) is 2. The summed E-state index contributed by atoms with van der Waals surface area (Å²) in [4.78, 5) is 12.5. The number of carbonyl (C=O) groups is 1. The molecule has 0 aliphatic heterocycles. The second-order valence-electron chi connectivity index (χ2n) is 6.70. The minimum atomic E-state index is -0.0432. The van der Waals surface area contributed by atoms with Gasteiger partial charge in [0, 0.05) is 23.6 Å². The number of halogens is 1. The Bertz CT molecular complexity index is 1010. The summed E-state index contributed by atoms with van der Waals surface area (Å²) in [5, 5.41) is 10.9. The maximum atomic E-state index is 12.5. The fourth-order valence-corrected chi connectivity index (χ4v) is 3.48. The average molecular weight is 415 g/mol. The Balaban J connectivity index is 1.69. The average Bonchev–Trinajstić information content (AvgIpc) is 3.06.